The number of ether oxygens (including phenoxy) is 2. The molecule has 0 spiro atoms. The first-order valence-electron chi connectivity index (χ1n) is 11.7. The largest absolute Gasteiger partial charge is 0.444 e. The molecule has 0 aliphatic heterocycles. The number of aliphatic hydroxyl groups excluding tert-OH is 1. The van der Waals surface area contributed by atoms with Gasteiger partial charge in [-0.05, 0) is 38.3 Å². The molecule has 1 aromatic heterocycles. The Morgan fingerprint density at radius 2 is 1.69 bits per heavy atom. The molecule has 8 nitrogen and oxygen atoms in total. The molecule has 192 valence electrons. The van der Waals surface area contributed by atoms with Crippen LogP contribution in [0.1, 0.15) is 36.8 Å². The number of thiazole rings is 1. The predicted octanol–water partition coefficient (Wildman–Crippen LogP) is 4.78. The van der Waals surface area contributed by atoms with E-state index in [9.17, 15) is 14.7 Å². The third-order valence-corrected chi connectivity index (χ3v) is 5.92. The summed E-state index contributed by atoms with van der Waals surface area (Å²) in [5, 5.41) is 14.0. The molecule has 0 aliphatic rings. The molecule has 2 amide bonds. The summed E-state index contributed by atoms with van der Waals surface area (Å²) in [5.74, 6) is 0. The number of hydrogen-bond donors (Lipinski definition) is 2. The molecule has 0 radical (unpaired) electrons. The summed E-state index contributed by atoms with van der Waals surface area (Å²) < 4.78 is 10.9. The summed E-state index contributed by atoms with van der Waals surface area (Å²) in [5.41, 5.74) is 2.79. The van der Waals surface area contributed by atoms with E-state index < -0.39 is 29.9 Å². The summed E-state index contributed by atoms with van der Waals surface area (Å²) in [6.45, 7) is 5.67. The number of carbonyl (C=O) groups excluding carboxylic acids is 2. The van der Waals surface area contributed by atoms with Crippen LogP contribution in [-0.2, 0) is 29.0 Å². The zero-order valence-electron chi connectivity index (χ0n) is 20.8. The monoisotopic (exact) mass is 511 g/mol. The Hall–Kier alpha value is -3.43. The van der Waals surface area contributed by atoms with Gasteiger partial charge in [0.1, 0.15) is 12.2 Å². The van der Waals surface area contributed by atoms with Crippen LogP contribution in [0, 0.1) is 0 Å². The quantitative estimate of drug-likeness (QED) is 0.406. The van der Waals surface area contributed by atoms with Gasteiger partial charge in [0, 0.05) is 12.7 Å². The predicted molar refractivity (Wildman–Crippen MR) is 138 cm³/mol. The number of rotatable bonds is 10. The van der Waals surface area contributed by atoms with Crippen molar-refractivity contribution >= 4 is 23.5 Å². The molecule has 0 aliphatic carbocycles. The number of carbonyl (C=O) groups is 2. The fourth-order valence-electron chi connectivity index (χ4n) is 3.48. The van der Waals surface area contributed by atoms with Crippen molar-refractivity contribution in [3.05, 3.63) is 88.4 Å². The number of hydrogen-bond acceptors (Lipinski definition) is 7. The van der Waals surface area contributed by atoms with Crippen LogP contribution >= 0.6 is 11.3 Å². The summed E-state index contributed by atoms with van der Waals surface area (Å²) >= 11 is 1.39. The molecule has 2 aromatic carbocycles. The first-order chi connectivity index (χ1) is 17.2. The van der Waals surface area contributed by atoms with Crippen molar-refractivity contribution in [2.75, 3.05) is 6.54 Å². The van der Waals surface area contributed by atoms with Crippen molar-refractivity contribution in [3.8, 4) is 0 Å². The summed E-state index contributed by atoms with van der Waals surface area (Å²) in [6, 6.07) is 18.3. The van der Waals surface area contributed by atoms with E-state index in [1.807, 2.05) is 60.7 Å². The number of amides is 2. The minimum atomic E-state index is -1.09. The van der Waals surface area contributed by atoms with Gasteiger partial charge in [0.2, 0.25) is 0 Å². The molecule has 36 heavy (non-hydrogen) atoms. The van der Waals surface area contributed by atoms with Crippen LogP contribution in [0.5, 0.6) is 0 Å². The molecule has 2 N–H and O–H groups in total. The van der Waals surface area contributed by atoms with E-state index in [0.29, 0.717) is 6.42 Å². The molecule has 0 unspecified atom stereocenters. The molecule has 0 bridgehead atoms. The van der Waals surface area contributed by atoms with Crippen LogP contribution in [-0.4, -0.2) is 51.5 Å². The molecule has 9 heteroatoms. The van der Waals surface area contributed by atoms with E-state index >= 15 is 0 Å². The molecule has 0 saturated carbocycles. The van der Waals surface area contributed by atoms with Crippen LogP contribution in [0.3, 0.4) is 0 Å². The second-order valence-corrected chi connectivity index (χ2v) is 10.4. The number of aromatic nitrogens is 1. The highest BCUT2D eigenvalue weighted by Crippen LogP contribution is 2.16. The van der Waals surface area contributed by atoms with Gasteiger partial charge >= 0.3 is 12.2 Å². The minimum absolute atomic E-state index is 0.0452. The van der Waals surface area contributed by atoms with Gasteiger partial charge in [-0.3, -0.25) is 4.98 Å². The zero-order valence-corrected chi connectivity index (χ0v) is 21.6. The van der Waals surface area contributed by atoms with Crippen molar-refractivity contribution in [1.82, 2.24) is 15.2 Å². The Morgan fingerprint density at radius 1 is 1.06 bits per heavy atom. The van der Waals surface area contributed by atoms with E-state index in [1.54, 1.807) is 32.5 Å². The van der Waals surface area contributed by atoms with Crippen molar-refractivity contribution in [3.63, 3.8) is 0 Å². The Balaban J connectivity index is 1.74. The fourth-order valence-corrected chi connectivity index (χ4v) is 3.99. The van der Waals surface area contributed by atoms with E-state index in [2.05, 4.69) is 10.3 Å². The van der Waals surface area contributed by atoms with Gasteiger partial charge in [0.05, 0.1) is 29.1 Å². The fraction of sp³-hybridized carbons (Fsp3) is 0.370. The molecular weight excluding hydrogens is 478 g/mol. The first kappa shape index (κ1) is 27.2. The molecule has 2 atom stereocenters. The van der Waals surface area contributed by atoms with Gasteiger partial charge in [-0.2, -0.15) is 0 Å². The topological polar surface area (TPSA) is 101 Å². The third-order valence-electron chi connectivity index (χ3n) is 5.17. The second-order valence-electron chi connectivity index (χ2n) is 9.40. The van der Waals surface area contributed by atoms with E-state index in [4.69, 9.17) is 9.47 Å². The zero-order chi connectivity index (χ0) is 26.0. The van der Waals surface area contributed by atoms with Gasteiger partial charge in [0.25, 0.3) is 0 Å². The third kappa shape index (κ3) is 9.31. The van der Waals surface area contributed by atoms with Gasteiger partial charge in [-0.15, -0.1) is 11.3 Å². The lowest BCUT2D eigenvalue weighted by Crippen LogP contribution is -2.51. The van der Waals surface area contributed by atoms with Gasteiger partial charge in [0.15, 0.2) is 0 Å². The van der Waals surface area contributed by atoms with E-state index in [0.717, 1.165) is 16.0 Å². The van der Waals surface area contributed by atoms with E-state index in [-0.39, 0.29) is 19.7 Å². The molecule has 3 rings (SSSR count). The number of alkyl carbamates (subject to hydrolysis) is 1. The minimum Gasteiger partial charge on any atom is -0.444 e. The van der Waals surface area contributed by atoms with Crippen LogP contribution in [0.2, 0.25) is 0 Å². The lowest BCUT2D eigenvalue weighted by molar-refractivity contribution is 0.00810. The highest BCUT2D eigenvalue weighted by molar-refractivity contribution is 7.09. The number of aliphatic hydroxyl groups is 1. The number of benzene rings is 2. The summed E-state index contributed by atoms with van der Waals surface area (Å²) in [6.07, 6.45) is -0.300. The SMILES string of the molecule is CC(C)(C)OC(=O)N(Cc1ccccc1)C[C@@H](O)[C@H](Cc1ccccc1)NC(=O)OCc1cncs1. The molecule has 0 fully saturated rings. The Morgan fingerprint density at radius 3 is 2.28 bits per heavy atom. The maximum absolute atomic E-state index is 13.0. The Bertz CT molecular complexity index is 1070. The maximum Gasteiger partial charge on any atom is 0.410 e. The summed E-state index contributed by atoms with van der Waals surface area (Å²) in [4.78, 5) is 31.8. The molecule has 0 saturated heterocycles. The second kappa shape index (κ2) is 13.0. The molecular formula is C27H33N3O5S. The standard InChI is InChI=1S/C27H33N3O5S/c1-27(2,3)35-26(33)30(16-21-12-8-5-9-13-21)17-24(31)23(14-20-10-6-4-7-11-20)29-25(32)34-18-22-15-28-19-36-22/h4-13,15,19,23-24,31H,14,16-18H2,1-3H3,(H,29,32)/t23-,24+/m0/s1. The maximum atomic E-state index is 13.0. The van der Waals surface area contributed by atoms with E-state index in [1.165, 1.54) is 16.2 Å². The Labute approximate surface area is 215 Å². The highest BCUT2D eigenvalue weighted by Gasteiger charge is 2.29. The lowest BCUT2D eigenvalue weighted by Gasteiger charge is -2.31. The highest BCUT2D eigenvalue weighted by atomic mass is 32.1. The smallest absolute Gasteiger partial charge is 0.410 e. The van der Waals surface area contributed by atoms with Gasteiger partial charge in [-0.25, -0.2) is 9.59 Å². The summed E-state index contributed by atoms with van der Waals surface area (Å²) in [7, 11) is 0. The molecule has 3 aromatic rings. The van der Waals surface area contributed by atoms with Crippen molar-refractivity contribution < 1.29 is 24.2 Å². The van der Waals surface area contributed by atoms with Crippen molar-refractivity contribution in [1.29, 1.82) is 0 Å². The van der Waals surface area contributed by atoms with Crippen LogP contribution < -0.4 is 5.32 Å². The first-order valence-corrected chi connectivity index (χ1v) is 12.6. The number of nitrogens with one attached hydrogen (secondary N) is 1. The number of nitrogens with zero attached hydrogens (tertiary/aromatic N) is 2. The van der Waals surface area contributed by atoms with Crippen LogP contribution in [0.15, 0.2) is 72.4 Å². The van der Waals surface area contributed by atoms with Crippen LogP contribution in [0.25, 0.3) is 0 Å². The van der Waals surface area contributed by atoms with Crippen molar-refractivity contribution in [2.45, 2.75) is 58.1 Å². The average Bonchev–Trinajstić information content (AvgIpc) is 3.36. The molecule has 1 heterocycles. The van der Waals surface area contributed by atoms with Gasteiger partial charge in [-0.1, -0.05) is 60.7 Å². The normalized spacial score (nSPS) is 12.9. The lowest BCUT2D eigenvalue weighted by atomic mass is 10.0. The average molecular weight is 512 g/mol. The van der Waals surface area contributed by atoms with Crippen molar-refractivity contribution in [2.24, 2.45) is 0 Å². The van der Waals surface area contributed by atoms with Crippen LogP contribution in [0.4, 0.5) is 9.59 Å². The van der Waals surface area contributed by atoms with Gasteiger partial charge < -0.3 is 24.8 Å². The Kier molecular flexibility index (Phi) is 9.84.